The summed E-state index contributed by atoms with van der Waals surface area (Å²) in [6.07, 6.45) is 5.21. The number of carbonyl (C=O) groups is 2. The number of fused-ring (bicyclic) bond motifs is 5. The van der Waals surface area contributed by atoms with Crippen molar-refractivity contribution >= 4 is 41.8 Å². The Kier molecular flexibility index (Phi) is 5.14. The number of carbonyl (C=O) groups excluding carboxylic acids is 2. The van der Waals surface area contributed by atoms with Crippen LogP contribution >= 0.6 is 24.0 Å². The van der Waals surface area contributed by atoms with Crippen molar-refractivity contribution in [2.45, 2.75) is 6.42 Å². The molecule has 0 aromatic rings. The van der Waals surface area contributed by atoms with Crippen LogP contribution in [-0.4, -0.2) is 61.8 Å². The van der Waals surface area contributed by atoms with Crippen molar-refractivity contribution in [3.05, 3.63) is 12.2 Å². The number of hydrogen-bond acceptors (Lipinski definition) is 3. The summed E-state index contributed by atoms with van der Waals surface area (Å²) in [6.45, 7) is 0.946. The number of hydrogen-bond donors (Lipinski definition) is 1. The predicted octanol–water partition coefficient (Wildman–Crippen LogP) is 0.548. The summed E-state index contributed by atoms with van der Waals surface area (Å²) in [5.41, 5.74) is 0. The zero-order valence-electron chi connectivity index (χ0n) is 13.2. The zero-order chi connectivity index (χ0) is 15.1. The third-order valence-electron chi connectivity index (χ3n) is 4.82. The third-order valence-corrected chi connectivity index (χ3v) is 4.82. The highest BCUT2D eigenvalue weighted by molar-refractivity contribution is 14.0. The summed E-state index contributed by atoms with van der Waals surface area (Å²) in [5, 5.41) is 3.15. The van der Waals surface area contributed by atoms with Crippen LogP contribution in [0.3, 0.4) is 0 Å². The molecule has 2 fully saturated rings. The second-order valence-corrected chi connectivity index (χ2v) is 6.20. The average Bonchev–Trinajstić information content (AvgIpc) is 3.11. The molecular formula is C15H23IN4O2. The molecule has 3 rings (SSSR count). The van der Waals surface area contributed by atoms with E-state index in [1.807, 2.05) is 19.0 Å². The highest BCUT2D eigenvalue weighted by Crippen LogP contribution is 2.52. The Morgan fingerprint density at radius 1 is 1.27 bits per heavy atom. The fourth-order valence-corrected chi connectivity index (χ4v) is 3.90. The van der Waals surface area contributed by atoms with E-state index in [1.165, 1.54) is 4.90 Å². The van der Waals surface area contributed by atoms with Gasteiger partial charge in [0.25, 0.3) is 0 Å². The summed E-state index contributed by atoms with van der Waals surface area (Å²) in [7, 11) is 5.51. The van der Waals surface area contributed by atoms with Gasteiger partial charge in [0.15, 0.2) is 5.96 Å². The quantitative estimate of drug-likeness (QED) is 0.239. The van der Waals surface area contributed by atoms with Crippen LogP contribution in [0.5, 0.6) is 0 Å². The lowest BCUT2D eigenvalue weighted by Gasteiger charge is -2.20. The van der Waals surface area contributed by atoms with E-state index in [4.69, 9.17) is 0 Å². The minimum Gasteiger partial charge on any atom is -0.354 e. The van der Waals surface area contributed by atoms with Crippen molar-refractivity contribution in [1.82, 2.24) is 15.1 Å². The van der Waals surface area contributed by atoms with Crippen LogP contribution in [0.2, 0.25) is 0 Å². The lowest BCUT2D eigenvalue weighted by atomic mass is 9.85. The maximum atomic E-state index is 12.5. The first-order chi connectivity index (χ1) is 10.0. The number of allylic oxidation sites excluding steroid dienone is 2. The van der Waals surface area contributed by atoms with Crippen molar-refractivity contribution in [2.24, 2.45) is 28.7 Å². The summed E-state index contributed by atoms with van der Waals surface area (Å²) in [5.74, 6) is 1.15. The van der Waals surface area contributed by atoms with Gasteiger partial charge >= 0.3 is 0 Å². The standard InChI is InChI=1S/C15H22N4O2.HI/c1-16-15(18(2)3)17-6-7-19-13(20)11-9-4-5-10(8-9)12(11)14(19)21;/h4-5,9-12H,6-8H2,1-3H3,(H,16,17);1H. The number of amides is 2. The highest BCUT2D eigenvalue weighted by atomic mass is 127. The Hall–Kier alpha value is -1.12. The van der Waals surface area contributed by atoms with E-state index in [1.54, 1.807) is 7.05 Å². The Bertz CT molecular complexity index is 502. The molecule has 0 aromatic carbocycles. The lowest BCUT2D eigenvalue weighted by molar-refractivity contribution is -0.140. The van der Waals surface area contributed by atoms with Crippen LogP contribution in [0.25, 0.3) is 0 Å². The van der Waals surface area contributed by atoms with Gasteiger partial charge in [0.1, 0.15) is 0 Å². The number of likely N-dealkylation sites (tertiary alicyclic amines) is 1. The maximum absolute atomic E-state index is 12.5. The predicted molar refractivity (Wildman–Crippen MR) is 94.9 cm³/mol. The first-order valence-electron chi connectivity index (χ1n) is 7.46. The molecule has 4 atom stereocenters. The number of imide groups is 1. The van der Waals surface area contributed by atoms with Gasteiger partial charge in [-0.3, -0.25) is 19.5 Å². The first-order valence-corrected chi connectivity index (χ1v) is 7.46. The Labute approximate surface area is 148 Å². The van der Waals surface area contributed by atoms with Gasteiger partial charge in [-0.15, -0.1) is 24.0 Å². The number of nitrogens with zero attached hydrogens (tertiary/aromatic N) is 3. The molecule has 1 N–H and O–H groups in total. The molecule has 2 amide bonds. The largest absolute Gasteiger partial charge is 0.354 e. The van der Waals surface area contributed by atoms with Crippen molar-refractivity contribution in [3.63, 3.8) is 0 Å². The molecule has 3 aliphatic rings. The number of rotatable bonds is 3. The first kappa shape index (κ1) is 17.2. The van der Waals surface area contributed by atoms with Crippen molar-refractivity contribution in [2.75, 3.05) is 34.2 Å². The molecule has 122 valence electrons. The summed E-state index contributed by atoms with van der Waals surface area (Å²) >= 11 is 0. The Morgan fingerprint density at radius 2 is 1.82 bits per heavy atom. The van der Waals surface area contributed by atoms with E-state index >= 15 is 0 Å². The van der Waals surface area contributed by atoms with Crippen LogP contribution in [0.1, 0.15) is 6.42 Å². The second-order valence-electron chi connectivity index (χ2n) is 6.20. The molecule has 0 spiro atoms. The third kappa shape index (κ3) is 2.63. The molecule has 7 heteroatoms. The monoisotopic (exact) mass is 418 g/mol. The highest BCUT2D eigenvalue weighted by Gasteiger charge is 2.58. The van der Waals surface area contributed by atoms with E-state index in [0.717, 1.165) is 12.4 Å². The van der Waals surface area contributed by atoms with Crippen LogP contribution in [0.4, 0.5) is 0 Å². The molecule has 1 aliphatic heterocycles. The Balaban J connectivity index is 0.00000176. The van der Waals surface area contributed by atoms with Gasteiger partial charge in [-0.2, -0.15) is 0 Å². The number of halogens is 1. The fraction of sp³-hybridized carbons (Fsp3) is 0.667. The normalized spacial score (nSPS) is 32.3. The summed E-state index contributed by atoms with van der Waals surface area (Å²) in [6, 6.07) is 0. The lowest BCUT2D eigenvalue weighted by Crippen LogP contribution is -2.43. The van der Waals surface area contributed by atoms with E-state index in [-0.39, 0.29) is 59.5 Å². The van der Waals surface area contributed by atoms with Gasteiger partial charge in [0.2, 0.25) is 11.8 Å². The van der Waals surface area contributed by atoms with Gasteiger partial charge in [-0.1, -0.05) is 12.2 Å². The van der Waals surface area contributed by atoms with E-state index in [0.29, 0.717) is 13.1 Å². The van der Waals surface area contributed by atoms with Gasteiger partial charge in [-0.25, -0.2) is 0 Å². The number of aliphatic imine (C=N–C) groups is 1. The van der Waals surface area contributed by atoms with E-state index < -0.39 is 0 Å². The van der Waals surface area contributed by atoms with Crippen molar-refractivity contribution in [1.29, 1.82) is 0 Å². The van der Waals surface area contributed by atoms with Crippen LogP contribution in [0.15, 0.2) is 17.1 Å². The van der Waals surface area contributed by atoms with Crippen LogP contribution in [0, 0.1) is 23.7 Å². The SMILES string of the molecule is CN=C(NCCN1C(=O)C2C3C=CC(C3)C2C1=O)N(C)C.I. The van der Waals surface area contributed by atoms with Crippen LogP contribution in [-0.2, 0) is 9.59 Å². The average molecular weight is 418 g/mol. The zero-order valence-corrected chi connectivity index (χ0v) is 15.5. The van der Waals surface area contributed by atoms with Gasteiger partial charge in [-0.05, 0) is 18.3 Å². The smallest absolute Gasteiger partial charge is 0.233 e. The molecule has 1 saturated carbocycles. The molecule has 1 saturated heterocycles. The maximum Gasteiger partial charge on any atom is 0.233 e. The van der Waals surface area contributed by atoms with E-state index in [9.17, 15) is 9.59 Å². The van der Waals surface area contributed by atoms with Crippen molar-refractivity contribution < 1.29 is 9.59 Å². The summed E-state index contributed by atoms with van der Waals surface area (Å²) in [4.78, 5) is 32.4. The fourth-order valence-electron chi connectivity index (χ4n) is 3.90. The molecule has 1 heterocycles. The molecule has 2 aliphatic carbocycles. The minimum absolute atomic E-state index is 0. The molecule has 4 unspecified atom stereocenters. The number of guanidine groups is 1. The molecule has 22 heavy (non-hydrogen) atoms. The molecule has 0 aromatic heterocycles. The van der Waals surface area contributed by atoms with E-state index in [2.05, 4.69) is 22.5 Å². The molecular weight excluding hydrogens is 395 g/mol. The van der Waals surface area contributed by atoms with Crippen molar-refractivity contribution in [3.8, 4) is 0 Å². The second kappa shape index (κ2) is 6.55. The topological polar surface area (TPSA) is 65.0 Å². The molecule has 6 nitrogen and oxygen atoms in total. The summed E-state index contributed by atoms with van der Waals surface area (Å²) < 4.78 is 0. The van der Waals surface area contributed by atoms with Gasteiger partial charge in [0.05, 0.1) is 11.8 Å². The minimum atomic E-state index is -0.0966. The molecule has 2 bridgehead atoms. The van der Waals surface area contributed by atoms with Gasteiger partial charge in [0, 0.05) is 34.2 Å². The van der Waals surface area contributed by atoms with Crippen LogP contribution < -0.4 is 5.32 Å². The van der Waals surface area contributed by atoms with Gasteiger partial charge < -0.3 is 10.2 Å². The Morgan fingerprint density at radius 3 is 2.27 bits per heavy atom. The molecule has 0 radical (unpaired) electrons. The number of nitrogens with one attached hydrogen (secondary N) is 1.